The summed E-state index contributed by atoms with van der Waals surface area (Å²) >= 11 is 0. The molecule has 3 heterocycles. The number of hydrogen-bond donors (Lipinski definition) is 1. The van der Waals surface area contributed by atoms with Crippen molar-refractivity contribution in [3.63, 3.8) is 0 Å². The normalized spacial score (nSPS) is 24.6. The van der Waals surface area contributed by atoms with Crippen LogP contribution in [0.15, 0.2) is 60.8 Å². The van der Waals surface area contributed by atoms with Crippen molar-refractivity contribution < 1.29 is 28.3 Å². The second-order valence-electron chi connectivity index (χ2n) is 12.2. The first-order chi connectivity index (χ1) is 20.5. The maximum Gasteiger partial charge on any atom is 0.304 e. The van der Waals surface area contributed by atoms with Crippen LogP contribution in [0.4, 0.5) is 9.80 Å². The Morgan fingerprint density at radius 1 is 1.16 bits per heavy atom. The molecule has 2 aliphatic heterocycles. The van der Waals surface area contributed by atoms with Gasteiger partial charge in [-0.2, -0.15) is 0 Å². The number of amides is 1. The first-order valence-corrected chi connectivity index (χ1v) is 18.0. The smallest absolute Gasteiger partial charge is 0.304 e. The number of carbonyl (C=O) groups is 2. The van der Waals surface area contributed by atoms with Crippen molar-refractivity contribution in [3.05, 3.63) is 77.6 Å². The van der Waals surface area contributed by atoms with Crippen LogP contribution in [0.3, 0.4) is 0 Å². The Balaban J connectivity index is 1.22. The lowest BCUT2D eigenvalue weighted by Gasteiger charge is -2.39. The van der Waals surface area contributed by atoms with E-state index in [4.69, 9.17) is 9.47 Å². The van der Waals surface area contributed by atoms with Gasteiger partial charge in [0.1, 0.15) is 0 Å². The minimum atomic E-state index is -3.04. The van der Waals surface area contributed by atoms with Crippen LogP contribution >= 0.6 is 0 Å². The van der Waals surface area contributed by atoms with Crippen LogP contribution in [0.2, 0.25) is 18.6 Å². The van der Waals surface area contributed by atoms with Gasteiger partial charge in [-0.25, -0.2) is 0 Å². The molecule has 230 valence electrons. The highest BCUT2D eigenvalue weighted by atomic mass is 28.4. The maximum atomic E-state index is 15.7. The number of hydrogen-bond acceptors (Lipinski definition) is 7. The summed E-state index contributed by atoms with van der Waals surface area (Å²) in [5.41, 5.74) is 3.27. The predicted octanol–water partition coefficient (Wildman–Crippen LogP) is 5.00. The molecular formula is C32H41FN4O5Si. The maximum absolute atomic E-state index is 15.7. The lowest BCUT2D eigenvalue weighted by molar-refractivity contribution is -0.153. The number of aryl methyl sites for hydroxylation is 2. The van der Waals surface area contributed by atoms with Crippen molar-refractivity contribution in [1.82, 2.24) is 15.0 Å². The Bertz CT molecular complexity index is 1410. The summed E-state index contributed by atoms with van der Waals surface area (Å²) in [5.74, 6) is -0.686. The van der Waals surface area contributed by atoms with E-state index in [9.17, 15) is 14.7 Å². The molecule has 11 heteroatoms. The van der Waals surface area contributed by atoms with Crippen LogP contribution in [-0.2, 0) is 32.0 Å². The van der Waals surface area contributed by atoms with Gasteiger partial charge in [0.2, 0.25) is 14.3 Å². The number of aromatic nitrogens is 3. The summed E-state index contributed by atoms with van der Waals surface area (Å²) in [6.07, 6.45) is 3.23. The molecule has 5 rings (SSSR count). The van der Waals surface area contributed by atoms with Gasteiger partial charge >= 0.3 is 5.97 Å². The summed E-state index contributed by atoms with van der Waals surface area (Å²) in [5, 5.41) is 18.6. The zero-order chi connectivity index (χ0) is 30.7. The van der Waals surface area contributed by atoms with Gasteiger partial charge in [-0.05, 0) is 61.5 Å². The summed E-state index contributed by atoms with van der Waals surface area (Å²) in [7, 11) is -3.04. The third-order valence-corrected chi connectivity index (χ3v) is 11.2. The van der Waals surface area contributed by atoms with E-state index in [0.29, 0.717) is 30.8 Å². The zero-order valence-corrected chi connectivity index (χ0v) is 26.2. The average Bonchev–Trinajstić information content (AvgIpc) is 3.55. The summed E-state index contributed by atoms with van der Waals surface area (Å²) in [4.78, 5) is 25.2. The summed E-state index contributed by atoms with van der Waals surface area (Å²) in [6.45, 7) is 7.44. The highest BCUT2D eigenvalue weighted by Crippen LogP contribution is 2.47. The third-order valence-electron chi connectivity index (χ3n) is 8.75. The highest BCUT2D eigenvalue weighted by Gasteiger charge is 2.50. The molecule has 2 saturated heterocycles. The first kappa shape index (κ1) is 31.0. The topological polar surface area (TPSA) is 107 Å². The molecule has 6 atom stereocenters. The number of aliphatic hydroxyl groups is 1. The van der Waals surface area contributed by atoms with Crippen LogP contribution in [0.5, 0.6) is 0 Å². The van der Waals surface area contributed by atoms with Crippen LogP contribution < -0.4 is 4.90 Å². The van der Waals surface area contributed by atoms with Gasteiger partial charge in [-0.1, -0.05) is 54.6 Å². The van der Waals surface area contributed by atoms with Crippen molar-refractivity contribution >= 4 is 26.0 Å². The number of rotatable bonds is 12. The molecule has 1 N–H and O–H groups in total. The van der Waals surface area contributed by atoms with E-state index in [1.165, 1.54) is 11.8 Å². The standard InChI is InChI=1S/C32H41FN4O5Si/c1-21-28(14-13-23-9-8-12-25(17-23)37-30(40)18-31(37)41-22(2)39)42-29(32(21)43(3,4)33)15-16-36-19-27(34-35-36)26(20-38)24-10-6-5-7-11-24/h5-12,17,19,21,26,28-29,31-32,38H,13-16,18,20H2,1-4H3/t21-,26?,28+,29-,31?,32+/m0/s1. The van der Waals surface area contributed by atoms with Gasteiger partial charge in [-0.3, -0.25) is 19.2 Å². The molecule has 2 unspecified atom stereocenters. The van der Waals surface area contributed by atoms with E-state index >= 15 is 4.11 Å². The van der Waals surface area contributed by atoms with E-state index in [0.717, 1.165) is 17.5 Å². The van der Waals surface area contributed by atoms with E-state index in [1.807, 2.05) is 60.8 Å². The lowest BCUT2D eigenvalue weighted by Crippen LogP contribution is -2.54. The lowest BCUT2D eigenvalue weighted by atomic mass is 9.95. The van der Waals surface area contributed by atoms with Crippen molar-refractivity contribution in [2.45, 2.75) is 89.1 Å². The quantitative estimate of drug-likeness (QED) is 0.134. The largest absolute Gasteiger partial charge is 0.441 e. The highest BCUT2D eigenvalue weighted by molar-refractivity contribution is 6.72. The number of anilines is 1. The van der Waals surface area contributed by atoms with Crippen LogP contribution in [0, 0.1) is 5.92 Å². The Kier molecular flexibility index (Phi) is 9.43. The molecular weight excluding hydrogens is 567 g/mol. The van der Waals surface area contributed by atoms with Gasteiger partial charge in [0.25, 0.3) is 0 Å². The average molecular weight is 609 g/mol. The molecule has 1 aromatic heterocycles. The number of ether oxygens (including phenoxy) is 2. The number of β-lactam (4-membered cyclic amide) rings is 1. The number of aliphatic hydroxyl groups excluding tert-OH is 1. The first-order valence-electron chi connectivity index (χ1n) is 15.0. The molecule has 1 amide bonds. The van der Waals surface area contributed by atoms with Crippen LogP contribution in [0.25, 0.3) is 0 Å². The number of carbonyl (C=O) groups excluding carboxylic acids is 2. The molecule has 3 aromatic rings. The van der Waals surface area contributed by atoms with Gasteiger partial charge in [0.15, 0.2) is 6.23 Å². The summed E-state index contributed by atoms with van der Waals surface area (Å²) < 4.78 is 29.3. The SMILES string of the molecule is CC(=O)OC1CC(=O)N1c1cccc(CC[C@H]2O[C@@H](CCn3cc(C(CO)c4ccccc4)nn3)[C@H]([Si](C)(C)F)[C@H]2C)c1. The Labute approximate surface area is 253 Å². The van der Waals surface area contributed by atoms with Crippen molar-refractivity contribution in [1.29, 1.82) is 0 Å². The third kappa shape index (κ3) is 7.05. The Morgan fingerprint density at radius 3 is 2.60 bits per heavy atom. The fourth-order valence-corrected chi connectivity index (χ4v) is 9.29. The minimum Gasteiger partial charge on any atom is -0.441 e. The van der Waals surface area contributed by atoms with Crippen LogP contribution in [-0.4, -0.2) is 65.4 Å². The van der Waals surface area contributed by atoms with E-state index in [1.54, 1.807) is 17.8 Å². The van der Waals surface area contributed by atoms with Crippen molar-refractivity contribution in [3.8, 4) is 0 Å². The molecule has 0 spiro atoms. The fourth-order valence-electron chi connectivity index (χ4n) is 6.70. The Hall–Kier alpha value is -3.41. The van der Waals surface area contributed by atoms with E-state index in [-0.39, 0.29) is 48.5 Å². The van der Waals surface area contributed by atoms with Gasteiger partial charge < -0.3 is 18.7 Å². The fraction of sp³-hybridized carbons (Fsp3) is 0.500. The number of benzene rings is 2. The Morgan fingerprint density at radius 2 is 1.93 bits per heavy atom. The second kappa shape index (κ2) is 13.1. The molecule has 2 aromatic carbocycles. The number of nitrogens with zero attached hydrogens (tertiary/aromatic N) is 4. The zero-order valence-electron chi connectivity index (χ0n) is 25.2. The molecule has 2 aliphatic rings. The molecule has 9 nitrogen and oxygen atoms in total. The minimum absolute atomic E-state index is 0.0633. The molecule has 0 aliphatic carbocycles. The van der Waals surface area contributed by atoms with E-state index < -0.39 is 20.6 Å². The van der Waals surface area contributed by atoms with Gasteiger partial charge in [-0.15, -0.1) is 5.10 Å². The van der Waals surface area contributed by atoms with Crippen molar-refractivity contribution in [2.75, 3.05) is 11.5 Å². The van der Waals surface area contributed by atoms with Gasteiger partial charge in [0, 0.05) is 30.9 Å². The monoisotopic (exact) mass is 608 g/mol. The number of esters is 1. The van der Waals surface area contributed by atoms with Crippen molar-refractivity contribution in [2.24, 2.45) is 5.92 Å². The molecule has 2 fully saturated rings. The number of halogens is 1. The van der Waals surface area contributed by atoms with Gasteiger partial charge in [0.05, 0.1) is 36.8 Å². The molecule has 0 radical (unpaired) electrons. The van der Waals surface area contributed by atoms with Crippen LogP contribution in [0.1, 0.15) is 55.8 Å². The molecule has 0 saturated carbocycles. The second-order valence-corrected chi connectivity index (χ2v) is 16.0. The molecule has 0 bridgehead atoms. The molecule has 43 heavy (non-hydrogen) atoms. The predicted molar refractivity (Wildman–Crippen MR) is 163 cm³/mol. The summed E-state index contributed by atoms with van der Waals surface area (Å²) in [6, 6.07) is 17.4. The van der Waals surface area contributed by atoms with E-state index in [2.05, 4.69) is 17.2 Å².